The second-order valence-electron chi connectivity index (χ2n) is 3.53. The van der Waals surface area contributed by atoms with Crippen molar-refractivity contribution in [1.29, 1.82) is 0 Å². The summed E-state index contributed by atoms with van der Waals surface area (Å²) in [6, 6.07) is 6.66. The number of aromatic hydroxyl groups is 5. The molecule has 2 aromatic rings. The van der Waals surface area contributed by atoms with Crippen LogP contribution in [-0.2, 0) is 0 Å². The molecule has 2 rings (SSSR count). The SMILES string of the molecule is Oc1ccc(Sc2ccc(O)c(O)c2O)c(O)c1. The van der Waals surface area contributed by atoms with Crippen molar-refractivity contribution in [2.24, 2.45) is 0 Å². The fraction of sp³-hybridized carbons (Fsp3) is 0. The summed E-state index contributed by atoms with van der Waals surface area (Å²) in [4.78, 5) is 0.666. The third kappa shape index (κ3) is 2.23. The van der Waals surface area contributed by atoms with E-state index < -0.39 is 17.2 Å². The van der Waals surface area contributed by atoms with Gasteiger partial charge in [-0.05, 0) is 24.3 Å². The Hall–Kier alpha value is -2.21. The molecule has 0 amide bonds. The number of hydrogen-bond donors (Lipinski definition) is 5. The number of hydrogen-bond acceptors (Lipinski definition) is 6. The maximum absolute atomic E-state index is 9.62. The van der Waals surface area contributed by atoms with Crippen LogP contribution in [0.1, 0.15) is 0 Å². The average Bonchev–Trinajstić information content (AvgIpc) is 2.33. The number of phenolic OH excluding ortho intramolecular Hbond substituents is 5. The third-order valence-electron chi connectivity index (χ3n) is 2.26. The van der Waals surface area contributed by atoms with Crippen LogP contribution < -0.4 is 0 Å². The molecule has 94 valence electrons. The van der Waals surface area contributed by atoms with E-state index in [0.29, 0.717) is 4.90 Å². The highest BCUT2D eigenvalue weighted by Crippen LogP contribution is 2.46. The molecule has 0 saturated carbocycles. The van der Waals surface area contributed by atoms with Gasteiger partial charge in [0.1, 0.15) is 11.5 Å². The number of rotatable bonds is 2. The lowest BCUT2D eigenvalue weighted by molar-refractivity contribution is 0.362. The van der Waals surface area contributed by atoms with E-state index >= 15 is 0 Å². The van der Waals surface area contributed by atoms with Crippen molar-refractivity contribution >= 4 is 11.8 Å². The minimum absolute atomic E-state index is 0.0744. The standard InChI is InChI=1S/C12H10O5S/c13-6-1-3-9(8(15)5-6)18-10-4-2-7(14)11(16)12(10)17/h1-5,13-17H. The Kier molecular flexibility index (Phi) is 3.12. The molecule has 5 N–H and O–H groups in total. The van der Waals surface area contributed by atoms with Crippen LogP contribution in [0.3, 0.4) is 0 Å². The number of benzene rings is 2. The molecule has 5 nitrogen and oxygen atoms in total. The fourth-order valence-corrected chi connectivity index (χ4v) is 2.21. The lowest BCUT2D eigenvalue weighted by atomic mass is 10.3. The van der Waals surface area contributed by atoms with Crippen LogP contribution in [0.25, 0.3) is 0 Å². The van der Waals surface area contributed by atoms with Crippen LogP contribution >= 0.6 is 11.8 Å². The molecule has 0 aliphatic rings. The second kappa shape index (κ2) is 4.58. The van der Waals surface area contributed by atoms with Crippen LogP contribution in [0.5, 0.6) is 28.7 Å². The molecule has 6 heteroatoms. The zero-order valence-electron chi connectivity index (χ0n) is 9.03. The molecular weight excluding hydrogens is 256 g/mol. The molecule has 0 aliphatic heterocycles. The first-order valence-electron chi connectivity index (χ1n) is 4.92. The quantitative estimate of drug-likeness (QED) is 0.535. The van der Waals surface area contributed by atoms with Crippen LogP contribution in [0.15, 0.2) is 40.1 Å². The van der Waals surface area contributed by atoms with E-state index in [4.69, 9.17) is 5.11 Å². The zero-order chi connectivity index (χ0) is 13.3. The normalized spacial score (nSPS) is 10.4. The lowest BCUT2D eigenvalue weighted by Gasteiger charge is -2.08. The van der Waals surface area contributed by atoms with Crippen molar-refractivity contribution in [3.63, 3.8) is 0 Å². The van der Waals surface area contributed by atoms with Gasteiger partial charge in [-0.3, -0.25) is 0 Å². The largest absolute Gasteiger partial charge is 0.508 e. The van der Waals surface area contributed by atoms with Crippen molar-refractivity contribution in [2.75, 3.05) is 0 Å². The average molecular weight is 266 g/mol. The predicted octanol–water partition coefficient (Wildman–Crippen LogP) is 2.37. The van der Waals surface area contributed by atoms with Gasteiger partial charge in [-0.25, -0.2) is 0 Å². The Morgan fingerprint density at radius 3 is 2.00 bits per heavy atom. The Morgan fingerprint density at radius 2 is 1.33 bits per heavy atom. The van der Waals surface area contributed by atoms with Gasteiger partial charge in [0.15, 0.2) is 11.5 Å². The van der Waals surface area contributed by atoms with Gasteiger partial charge >= 0.3 is 0 Å². The predicted molar refractivity (Wildman–Crippen MR) is 65.3 cm³/mol. The summed E-state index contributed by atoms with van der Waals surface area (Å²) in [5.74, 6) is -1.72. The smallest absolute Gasteiger partial charge is 0.201 e. The molecule has 0 radical (unpaired) electrons. The molecule has 0 unspecified atom stereocenters. The summed E-state index contributed by atoms with van der Waals surface area (Å²) in [6.07, 6.45) is 0. The summed E-state index contributed by atoms with van der Waals surface area (Å²) < 4.78 is 0. The van der Waals surface area contributed by atoms with Gasteiger partial charge in [-0.2, -0.15) is 0 Å². The lowest BCUT2D eigenvalue weighted by Crippen LogP contribution is -1.79. The minimum atomic E-state index is -0.613. The van der Waals surface area contributed by atoms with E-state index in [9.17, 15) is 20.4 Å². The first-order chi connectivity index (χ1) is 8.49. The molecule has 18 heavy (non-hydrogen) atoms. The van der Waals surface area contributed by atoms with Gasteiger partial charge in [0.2, 0.25) is 5.75 Å². The van der Waals surface area contributed by atoms with Crippen molar-refractivity contribution in [1.82, 2.24) is 0 Å². The van der Waals surface area contributed by atoms with E-state index in [-0.39, 0.29) is 16.4 Å². The van der Waals surface area contributed by atoms with Gasteiger partial charge in [-0.15, -0.1) is 0 Å². The molecular formula is C12H10O5S. The van der Waals surface area contributed by atoms with E-state index in [2.05, 4.69) is 0 Å². The molecule has 0 atom stereocenters. The molecule has 0 aliphatic carbocycles. The maximum Gasteiger partial charge on any atom is 0.201 e. The zero-order valence-corrected chi connectivity index (χ0v) is 9.85. The van der Waals surface area contributed by atoms with Crippen LogP contribution in [0.2, 0.25) is 0 Å². The van der Waals surface area contributed by atoms with Crippen molar-refractivity contribution in [2.45, 2.75) is 9.79 Å². The van der Waals surface area contributed by atoms with Gasteiger partial charge in [0, 0.05) is 6.07 Å². The summed E-state index contributed by atoms with van der Waals surface area (Å²) in [7, 11) is 0. The second-order valence-corrected chi connectivity index (χ2v) is 4.62. The van der Waals surface area contributed by atoms with Gasteiger partial charge < -0.3 is 25.5 Å². The van der Waals surface area contributed by atoms with Crippen LogP contribution in [-0.4, -0.2) is 25.5 Å². The molecule has 0 aromatic heterocycles. The summed E-state index contributed by atoms with van der Waals surface area (Å²) in [6.45, 7) is 0. The van der Waals surface area contributed by atoms with Crippen molar-refractivity contribution < 1.29 is 25.5 Å². The topological polar surface area (TPSA) is 101 Å². The summed E-state index contributed by atoms with van der Waals surface area (Å²) in [5.41, 5.74) is 0. The van der Waals surface area contributed by atoms with E-state index in [1.54, 1.807) is 0 Å². The highest BCUT2D eigenvalue weighted by atomic mass is 32.2. The summed E-state index contributed by atoms with van der Waals surface area (Å²) in [5, 5.41) is 46.9. The van der Waals surface area contributed by atoms with Crippen LogP contribution in [0, 0.1) is 0 Å². The Labute approximate surface area is 107 Å². The molecule has 0 saturated heterocycles. The van der Waals surface area contributed by atoms with Gasteiger partial charge in [0.25, 0.3) is 0 Å². The minimum Gasteiger partial charge on any atom is -0.508 e. The Balaban J connectivity index is 2.37. The Morgan fingerprint density at radius 1 is 0.667 bits per heavy atom. The summed E-state index contributed by atoms with van der Waals surface area (Å²) >= 11 is 0.990. The highest BCUT2D eigenvalue weighted by Gasteiger charge is 2.13. The van der Waals surface area contributed by atoms with Crippen molar-refractivity contribution in [3.05, 3.63) is 30.3 Å². The third-order valence-corrected chi connectivity index (χ3v) is 3.37. The first kappa shape index (κ1) is 12.3. The molecule has 0 bridgehead atoms. The Bertz CT molecular complexity index is 597. The molecule has 0 fully saturated rings. The maximum atomic E-state index is 9.62. The van der Waals surface area contributed by atoms with Gasteiger partial charge in [-0.1, -0.05) is 11.8 Å². The number of phenols is 5. The van der Waals surface area contributed by atoms with E-state index in [1.807, 2.05) is 0 Å². The van der Waals surface area contributed by atoms with Crippen molar-refractivity contribution in [3.8, 4) is 28.7 Å². The molecule has 0 heterocycles. The van der Waals surface area contributed by atoms with Gasteiger partial charge in [0.05, 0.1) is 9.79 Å². The van der Waals surface area contributed by atoms with Crippen LogP contribution in [0.4, 0.5) is 0 Å². The monoisotopic (exact) mass is 266 g/mol. The first-order valence-corrected chi connectivity index (χ1v) is 5.74. The molecule has 0 spiro atoms. The fourth-order valence-electron chi connectivity index (χ4n) is 1.34. The van der Waals surface area contributed by atoms with E-state index in [0.717, 1.165) is 11.8 Å². The van der Waals surface area contributed by atoms with E-state index in [1.165, 1.54) is 30.3 Å². The highest BCUT2D eigenvalue weighted by molar-refractivity contribution is 7.99. The molecule has 2 aromatic carbocycles.